The van der Waals surface area contributed by atoms with E-state index in [0.717, 1.165) is 64.2 Å². The molecule has 1 N–H and O–H groups in total. The summed E-state index contributed by atoms with van der Waals surface area (Å²) in [5.74, 6) is -0.857. The van der Waals surface area contributed by atoms with Crippen LogP contribution in [0.1, 0.15) is 136 Å². The fraction of sp³-hybridized carbons (Fsp3) is 0.630. The van der Waals surface area contributed by atoms with Gasteiger partial charge in [-0.25, -0.2) is 4.57 Å². The SMILES string of the molecule is CC/C=C\C/C=C\C/C=C\C/C=C\C/C=C\CCCC(=O)OC[C@H](COP(=O)(O)OCC[N+](C)(C)C)OC(=O)CCCCCCCC(=O)/C=C/C=C\CCCCC. The largest absolute Gasteiger partial charge is 0.472 e. The van der Waals surface area contributed by atoms with Crippen molar-refractivity contribution in [2.75, 3.05) is 47.5 Å². The van der Waals surface area contributed by atoms with Crippen LogP contribution in [0.15, 0.2) is 85.1 Å². The topological polar surface area (TPSA) is 125 Å². The molecule has 0 rings (SSSR count). The van der Waals surface area contributed by atoms with Crippen LogP contribution in [0.5, 0.6) is 0 Å². The number of rotatable bonds is 37. The maximum Gasteiger partial charge on any atom is 0.472 e. The summed E-state index contributed by atoms with van der Waals surface area (Å²) >= 11 is 0. The van der Waals surface area contributed by atoms with Crippen molar-refractivity contribution in [1.29, 1.82) is 0 Å². The minimum absolute atomic E-state index is 0.00396. The molecule has 0 spiro atoms. The average molecular weight is 819 g/mol. The van der Waals surface area contributed by atoms with Crippen LogP contribution < -0.4 is 0 Å². The minimum Gasteiger partial charge on any atom is -0.462 e. The molecule has 2 atom stereocenters. The molecule has 324 valence electrons. The second kappa shape index (κ2) is 37.2. The van der Waals surface area contributed by atoms with E-state index in [0.29, 0.717) is 36.7 Å². The number of carbonyl (C=O) groups is 3. The van der Waals surface area contributed by atoms with Gasteiger partial charge in [0.15, 0.2) is 11.9 Å². The number of phosphoric ester groups is 1. The second-order valence-corrected chi connectivity index (χ2v) is 16.5. The van der Waals surface area contributed by atoms with Crippen molar-refractivity contribution < 1.29 is 46.8 Å². The van der Waals surface area contributed by atoms with Crippen LogP contribution in [-0.2, 0) is 37.5 Å². The van der Waals surface area contributed by atoms with Crippen molar-refractivity contribution in [3.05, 3.63) is 85.1 Å². The Morgan fingerprint density at radius 2 is 1.18 bits per heavy atom. The molecular weight excluding hydrogens is 741 g/mol. The molecule has 57 heavy (non-hydrogen) atoms. The van der Waals surface area contributed by atoms with E-state index in [9.17, 15) is 23.8 Å². The highest BCUT2D eigenvalue weighted by atomic mass is 31.2. The second-order valence-electron chi connectivity index (χ2n) is 15.0. The van der Waals surface area contributed by atoms with E-state index in [2.05, 4.69) is 74.6 Å². The Morgan fingerprint density at radius 1 is 0.614 bits per heavy atom. The number of quaternary nitrogens is 1. The van der Waals surface area contributed by atoms with Crippen LogP contribution in [0.25, 0.3) is 0 Å². The number of carbonyl (C=O) groups excluding carboxylic acids is 3. The summed E-state index contributed by atoms with van der Waals surface area (Å²) in [7, 11) is 1.35. The van der Waals surface area contributed by atoms with Crippen LogP contribution >= 0.6 is 7.82 Å². The molecule has 0 heterocycles. The number of ether oxygens (including phenoxy) is 2. The van der Waals surface area contributed by atoms with E-state index in [1.165, 1.54) is 19.3 Å². The Kier molecular flexibility index (Phi) is 35.1. The molecule has 11 heteroatoms. The first-order chi connectivity index (χ1) is 27.4. The Bertz CT molecular complexity index is 1310. The fourth-order valence-electron chi connectivity index (χ4n) is 5.03. The molecule has 0 fully saturated rings. The summed E-state index contributed by atoms with van der Waals surface area (Å²) in [5, 5.41) is 0. The van der Waals surface area contributed by atoms with E-state index in [4.69, 9.17) is 18.5 Å². The number of esters is 2. The molecule has 0 aromatic rings. The summed E-state index contributed by atoms with van der Waals surface area (Å²) in [6.45, 7) is 4.02. The van der Waals surface area contributed by atoms with Gasteiger partial charge in [0, 0.05) is 19.3 Å². The molecule has 0 aromatic heterocycles. The van der Waals surface area contributed by atoms with E-state index in [-0.39, 0.29) is 31.8 Å². The first-order valence-electron chi connectivity index (χ1n) is 21.3. The van der Waals surface area contributed by atoms with Gasteiger partial charge in [0.2, 0.25) is 0 Å². The molecule has 0 aliphatic rings. The highest BCUT2D eigenvalue weighted by molar-refractivity contribution is 7.47. The number of ketones is 1. The van der Waals surface area contributed by atoms with Gasteiger partial charge in [-0.2, -0.15) is 0 Å². The van der Waals surface area contributed by atoms with Crippen LogP contribution in [0, 0.1) is 0 Å². The van der Waals surface area contributed by atoms with Crippen molar-refractivity contribution in [3.63, 3.8) is 0 Å². The van der Waals surface area contributed by atoms with Gasteiger partial charge in [-0.05, 0) is 76.7 Å². The molecule has 0 saturated heterocycles. The average Bonchev–Trinajstić information content (AvgIpc) is 3.15. The Hall–Kier alpha value is -3.14. The van der Waals surface area contributed by atoms with Crippen molar-refractivity contribution in [2.24, 2.45) is 0 Å². The zero-order valence-corrected chi connectivity index (χ0v) is 36.9. The first kappa shape index (κ1) is 53.9. The highest BCUT2D eigenvalue weighted by Gasteiger charge is 2.27. The molecule has 0 aliphatic heterocycles. The molecular formula is C46H77NO9P+. The number of hydrogen-bond acceptors (Lipinski definition) is 8. The lowest BCUT2D eigenvalue weighted by Crippen LogP contribution is -2.37. The minimum atomic E-state index is -4.42. The predicted molar refractivity (Wildman–Crippen MR) is 234 cm³/mol. The Labute approximate surface area is 346 Å². The molecule has 0 bridgehead atoms. The van der Waals surface area contributed by atoms with E-state index in [1.807, 2.05) is 39.4 Å². The highest BCUT2D eigenvalue weighted by Crippen LogP contribution is 2.43. The summed E-state index contributed by atoms with van der Waals surface area (Å²) in [6, 6.07) is 0. The number of unbranched alkanes of at least 4 members (excludes halogenated alkanes) is 8. The molecule has 0 amide bonds. The quantitative estimate of drug-likeness (QED) is 0.0124. The van der Waals surface area contributed by atoms with Crippen molar-refractivity contribution in [1.82, 2.24) is 0 Å². The lowest BCUT2D eigenvalue weighted by atomic mass is 10.1. The zero-order valence-electron chi connectivity index (χ0n) is 36.0. The Balaban J connectivity index is 4.58. The third-order valence-corrected chi connectivity index (χ3v) is 9.37. The van der Waals surface area contributed by atoms with Crippen molar-refractivity contribution >= 4 is 25.5 Å². The van der Waals surface area contributed by atoms with Crippen LogP contribution in [-0.4, -0.2) is 80.7 Å². The van der Waals surface area contributed by atoms with Gasteiger partial charge in [0.1, 0.15) is 19.8 Å². The van der Waals surface area contributed by atoms with Gasteiger partial charge in [0.25, 0.3) is 0 Å². The third-order valence-electron chi connectivity index (χ3n) is 8.39. The number of phosphoric acid groups is 1. The summed E-state index contributed by atoms with van der Waals surface area (Å²) < 4.78 is 34.1. The molecule has 0 saturated carbocycles. The summed E-state index contributed by atoms with van der Waals surface area (Å²) in [6.07, 6.45) is 43.2. The molecule has 1 unspecified atom stereocenters. The fourth-order valence-corrected chi connectivity index (χ4v) is 5.77. The van der Waals surface area contributed by atoms with E-state index in [1.54, 1.807) is 6.08 Å². The van der Waals surface area contributed by atoms with Crippen molar-refractivity contribution in [2.45, 2.75) is 142 Å². The predicted octanol–water partition coefficient (Wildman–Crippen LogP) is 11.2. The van der Waals surface area contributed by atoms with Crippen molar-refractivity contribution in [3.8, 4) is 0 Å². The molecule has 10 nitrogen and oxygen atoms in total. The number of nitrogens with zero attached hydrogens (tertiary/aromatic N) is 1. The maximum absolute atomic E-state index is 12.7. The number of allylic oxidation sites excluding steroid dienone is 14. The third kappa shape index (κ3) is 40.8. The van der Waals surface area contributed by atoms with Crippen LogP contribution in [0.3, 0.4) is 0 Å². The maximum atomic E-state index is 12.7. The van der Waals surface area contributed by atoms with Crippen LogP contribution in [0.2, 0.25) is 0 Å². The van der Waals surface area contributed by atoms with E-state index < -0.39 is 32.5 Å². The first-order valence-corrected chi connectivity index (χ1v) is 22.8. The zero-order chi connectivity index (χ0) is 42.3. The standard InChI is InChI=1S/C46H76NO9P/c1-6-8-10-12-14-15-16-17-18-19-20-21-22-23-25-29-33-37-45(49)53-41-44(42-55-57(51,52)54-40-39-47(3,4)5)56-46(50)38-34-30-26-28-32-36-43(48)35-31-27-24-13-11-9-7-2/h8,10,14-15,17-18,20-21,23-25,27,31,35,44H,6-7,9,11-13,16,19,22,26,28-30,32-34,36-42H2,1-5H3/p+1/b10-8-,15-14-,18-17-,21-20-,25-23-,27-24-,35-31+/t44-/m1/s1. The molecule has 0 radical (unpaired) electrons. The van der Waals surface area contributed by atoms with Crippen LogP contribution in [0.4, 0.5) is 0 Å². The van der Waals surface area contributed by atoms with Gasteiger partial charge in [-0.1, -0.05) is 125 Å². The smallest absolute Gasteiger partial charge is 0.462 e. The van der Waals surface area contributed by atoms with Gasteiger partial charge in [-0.3, -0.25) is 23.4 Å². The van der Waals surface area contributed by atoms with E-state index >= 15 is 0 Å². The van der Waals surface area contributed by atoms with Gasteiger partial charge in [0.05, 0.1) is 27.7 Å². The lowest BCUT2D eigenvalue weighted by molar-refractivity contribution is -0.870. The lowest BCUT2D eigenvalue weighted by Gasteiger charge is -2.24. The molecule has 0 aliphatic carbocycles. The van der Waals surface area contributed by atoms with Gasteiger partial charge < -0.3 is 18.9 Å². The summed E-state index contributed by atoms with van der Waals surface area (Å²) in [4.78, 5) is 47.4. The number of likely N-dealkylation sites (N-methyl/N-ethyl adjacent to an activating group) is 1. The summed E-state index contributed by atoms with van der Waals surface area (Å²) in [5.41, 5.74) is 0. The van der Waals surface area contributed by atoms with Gasteiger partial charge >= 0.3 is 19.8 Å². The Morgan fingerprint density at radius 3 is 1.79 bits per heavy atom. The molecule has 0 aromatic carbocycles. The normalized spacial score (nSPS) is 14.4. The monoisotopic (exact) mass is 819 g/mol. The van der Waals surface area contributed by atoms with Gasteiger partial charge in [-0.15, -0.1) is 0 Å². The number of hydrogen-bond donors (Lipinski definition) is 1.